The lowest BCUT2D eigenvalue weighted by molar-refractivity contribution is 0.0830. The lowest BCUT2D eigenvalue weighted by Crippen LogP contribution is -2.45. The van der Waals surface area contributed by atoms with Crippen LogP contribution in [0, 0.1) is 0 Å². The third-order valence-electron chi connectivity index (χ3n) is 6.80. The summed E-state index contributed by atoms with van der Waals surface area (Å²) in [5, 5.41) is 7.43. The molecule has 1 aliphatic carbocycles. The fourth-order valence-electron chi connectivity index (χ4n) is 4.91. The average Bonchev–Trinajstić information content (AvgIpc) is 3.51. The van der Waals surface area contributed by atoms with Gasteiger partial charge < -0.3 is 24.2 Å². The quantitative estimate of drug-likeness (QED) is 0.752. The van der Waals surface area contributed by atoms with Gasteiger partial charge in [-0.1, -0.05) is 36.6 Å². The van der Waals surface area contributed by atoms with Crippen molar-refractivity contribution in [3.63, 3.8) is 0 Å². The minimum absolute atomic E-state index is 0.0364. The van der Waals surface area contributed by atoms with E-state index in [1.807, 2.05) is 29.2 Å². The molecule has 0 radical (unpaired) electrons. The topological polar surface area (TPSA) is 89.7 Å². The molecule has 8 nitrogen and oxygen atoms in total. The highest BCUT2D eigenvalue weighted by Crippen LogP contribution is 2.33. The van der Waals surface area contributed by atoms with Crippen LogP contribution in [0.5, 0.6) is 5.75 Å². The molecule has 32 heavy (non-hydrogen) atoms. The van der Waals surface area contributed by atoms with E-state index in [4.69, 9.17) is 14.0 Å². The molecule has 3 heterocycles. The van der Waals surface area contributed by atoms with Crippen molar-refractivity contribution in [2.24, 2.45) is 0 Å². The van der Waals surface area contributed by atoms with Crippen LogP contribution in [0.4, 0.5) is 4.79 Å². The molecule has 8 heteroatoms. The van der Waals surface area contributed by atoms with Crippen LogP contribution in [0.25, 0.3) is 11.5 Å². The molecule has 0 spiro atoms. The Morgan fingerprint density at radius 2 is 1.88 bits per heavy atom. The Morgan fingerprint density at radius 3 is 2.72 bits per heavy atom. The maximum atomic E-state index is 12.7. The molecular weight excluding hydrogens is 408 g/mol. The zero-order chi connectivity index (χ0) is 21.8. The second kappa shape index (κ2) is 9.90. The highest BCUT2D eigenvalue weighted by atomic mass is 16.5. The van der Waals surface area contributed by atoms with E-state index in [2.05, 4.69) is 15.5 Å². The fraction of sp³-hybridized carbons (Fsp3) is 0.625. The number of nitrogens with zero attached hydrogens (tertiary/aromatic N) is 3. The third-order valence-corrected chi connectivity index (χ3v) is 6.80. The minimum Gasteiger partial charge on any atom is -0.488 e. The number of ether oxygens (including phenoxy) is 2. The van der Waals surface area contributed by atoms with Gasteiger partial charge in [-0.3, -0.25) is 0 Å². The van der Waals surface area contributed by atoms with E-state index < -0.39 is 0 Å². The second-order valence-electron chi connectivity index (χ2n) is 9.10. The Labute approximate surface area is 188 Å². The van der Waals surface area contributed by atoms with E-state index in [1.165, 1.54) is 19.3 Å². The highest BCUT2D eigenvalue weighted by molar-refractivity contribution is 5.75. The van der Waals surface area contributed by atoms with Crippen LogP contribution in [0.3, 0.4) is 0 Å². The first-order chi connectivity index (χ1) is 15.8. The molecule has 1 unspecified atom stereocenters. The van der Waals surface area contributed by atoms with Crippen LogP contribution in [-0.4, -0.2) is 59.5 Å². The van der Waals surface area contributed by atoms with Crippen LogP contribution in [0.2, 0.25) is 0 Å². The Hall–Kier alpha value is -2.61. The summed E-state index contributed by atoms with van der Waals surface area (Å²) < 4.78 is 17.3. The van der Waals surface area contributed by atoms with Crippen LogP contribution < -0.4 is 10.1 Å². The number of para-hydroxylation sites is 1. The first-order valence-corrected chi connectivity index (χ1v) is 12.0. The number of likely N-dealkylation sites (tertiary alicyclic amines) is 1. The largest absolute Gasteiger partial charge is 0.488 e. The van der Waals surface area contributed by atoms with E-state index >= 15 is 0 Å². The monoisotopic (exact) mass is 440 g/mol. The van der Waals surface area contributed by atoms with Crippen molar-refractivity contribution in [2.45, 2.75) is 69.4 Å². The smallest absolute Gasteiger partial charge is 0.317 e. The number of carbonyl (C=O) groups excluding carboxylic acids is 1. The van der Waals surface area contributed by atoms with Crippen molar-refractivity contribution >= 4 is 6.03 Å². The Morgan fingerprint density at radius 1 is 1.06 bits per heavy atom. The van der Waals surface area contributed by atoms with Gasteiger partial charge in [0.05, 0.1) is 12.1 Å². The van der Waals surface area contributed by atoms with E-state index in [1.54, 1.807) is 0 Å². The van der Waals surface area contributed by atoms with Crippen molar-refractivity contribution < 1.29 is 18.8 Å². The number of benzene rings is 1. The molecule has 1 aromatic heterocycles. The van der Waals surface area contributed by atoms with Crippen molar-refractivity contribution in [3.8, 4) is 17.2 Å². The van der Waals surface area contributed by atoms with E-state index in [0.29, 0.717) is 30.8 Å². The molecule has 1 aromatic carbocycles. The van der Waals surface area contributed by atoms with Crippen LogP contribution in [0.15, 0.2) is 28.8 Å². The molecule has 2 aromatic rings. The van der Waals surface area contributed by atoms with Gasteiger partial charge in [-0.2, -0.15) is 4.98 Å². The number of carbonyl (C=O) groups is 1. The summed E-state index contributed by atoms with van der Waals surface area (Å²) in [6, 6.07) is 8.11. The first-order valence-electron chi connectivity index (χ1n) is 12.0. The molecular formula is C24H32N4O4. The molecule has 1 atom stereocenters. The molecule has 2 amide bonds. The third kappa shape index (κ3) is 4.90. The summed E-state index contributed by atoms with van der Waals surface area (Å²) in [6.07, 6.45) is 8.46. The number of amides is 2. The predicted molar refractivity (Wildman–Crippen MR) is 119 cm³/mol. The summed E-state index contributed by atoms with van der Waals surface area (Å²) >= 11 is 0. The highest BCUT2D eigenvalue weighted by Gasteiger charge is 2.30. The Balaban J connectivity index is 1.21. The molecule has 2 saturated heterocycles. The van der Waals surface area contributed by atoms with Crippen LogP contribution in [0.1, 0.15) is 63.1 Å². The lowest BCUT2D eigenvalue weighted by Gasteiger charge is -2.26. The second-order valence-corrected chi connectivity index (χ2v) is 9.10. The number of rotatable bonds is 5. The lowest BCUT2D eigenvalue weighted by atomic mass is 9.96. The molecule has 3 aliphatic rings. The summed E-state index contributed by atoms with van der Waals surface area (Å²) in [6.45, 7) is 2.77. The van der Waals surface area contributed by atoms with Gasteiger partial charge in [0.2, 0.25) is 0 Å². The van der Waals surface area contributed by atoms with Gasteiger partial charge in [0, 0.05) is 38.1 Å². The van der Waals surface area contributed by atoms with Gasteiger partial charge in [0.15, 0.2) is 5.82 Å². The number of aromatic nitrogens is 2. The van der Waals surface area contributed by atoms with Crippen LogP contribution in [-0.2, 0) is 4.74 Å². The molecule has 5 rings (SSSR count). The summed E-state index contributed by atoms with van der Waals surface area (Å²) in [5.41, 5.74) is 0.795. The summed E-state index contributed by atoms with van der Waals surface area (Å²) in [5.74, 6) is 2.21. The molecule has 0 bridgehead atoms. The van der Waals surface area contributed by atoms with Gasteiger partial charge in [0.25, 0.3) is 5.89 Å². The zero-order valence-corrected chi connectivity index (χ0v) is 18.5. The average molecular weight is 441 g/mol. The standard InChI is InChI=1S/C24H32N4O4/c29-24(25-18-6-2-1-3-7-18)28-13-10-19(16-28)31-21-9-5-4-8-20(21)23-26-22(27-32-23)17-11-14-30-15-12-17/h4-5,8-9,17-19H,1-3,6-7,10-16H2,(H,25,29). The van der Waals surface area contributed by atoms with Gasteiger partial charge in [-0.25, -0.2) is 4.79 Å². The normalized spacial score (nSPS) is 22.8. The van der Waals surface area contributed by atoms with Gasteiger partial charge in [-0.05, 0) is 37.8 Å². The van der Waals surface area contributed by atoms with Gasteiger partial charge in [0.1, 0.15) is 11.9 Å². The molecule has 2 aliphatic heterocycles. The molecule has 1 N–H and O–H groups in total. The van der Waals surface area contributed by atoms with Crippen LogP contribution >= 0.6 is 0 Å². The zero-order valence-electron chi connectivity index (χ0n) is 18.5. The first kappa shape index (κ1) is 21.2. The van der Waals surface area contributed by atoms with Crippen molar-refractivity contribution in [3.05, 3.63) is 30.1 Å². The van der Waals surface area contributed by atoms with E-state index in [-0.39, 0.29) is 18.1 Å². The predicted octanol–water partition coefficient (Wildman–Crippen LogP) is 4.13. The number of nitrogens with one attached hydrogen (secondary N) is 1. The maximum Gasteiger partial charge on any atom is 0.317 e. The Bertz CT molecular complexity index is 905. The van der Waals surface area contributed by atoms with Crippen molar-refractivity contribution in [2.75, 3.05) is 26.3 Å². The van der Waals surface area contributed by atoms with E-state index in [9.17, 15) is 4.79 Å². The number of hydrogen-bond donors (Lipinski definition) is 1. The molecule has 3 fully saturated rings. The molecule has 172 valence electrons. The Kier molecular flexibility index (Phi) is 6.57. The molecule has 1 saturated carbocycles. The minimum atomic E-state index is -0.0499. The van der Waals surface area contributed by atoms with Crippen molar-refractivity contribution in [1.29, 1.82) is 0 Å². The van der Waals surface area contributed by atoms with E-state index in [0.717, 1.165) is 56.7 Å². The SMILES string of the molecule is O=C(NC1CCCCC1)N1CCC(Oc2ccccc2-c2nc(C3CCOCC3)no2)C1. The number of hydrogen-bond acceptors (Lipinski definition) is 6. The van der Waals surface area contributed by atoms with Crippen molar-refractivity contribution in [1.82, 2.24) is 20.4 Å². The maximum absolute atomic E-state index is 12.7. The van der Waals surface area contributed by atoms with Gasteiger partial charge >= 0.3 is 6.03 Å². The van der Waals surface area contributed by atoms with Gasteiger partial charge in [-0.15, -0.1) is 0 Å². The fourth-order valence-corrected chi connectivity index (χ4v) is 4.91. The number of urea groups is 1. The summed E-state index contributed by atoms with van der Waals surface area (Å²) in [4.78, 5) is 19.2. The summed E-state index contributed by atoms with van der Waals surface area (Å²) in [7, 11) is 0.